The van der Waals surface area contributed by atoms with Gasteiger partial charge in [-0.05, 0) is 74.4 Å². The zero-order valence-electron chi connectivity index (χ0n) is 17.1. The molecule has 0 radical (unpaired) electrons. The van der Waals surface area contributed by atoms with Crippen LogP contribution in [0.5, 0.6) is 0 Å². The first kappa shape index (κ1) is 20.6. The minimum Gasteiger partial charge on any atom is -0.327 e. The Balaban J connectivity index is 1.94. The smallest absolute Gasteiger partial charge is 0.255 e. The number of nitrogens with one attached hydrogen (secondary N) is 1. The van der Waals surface area contributed by atoms with E-state index in [1.54, 1.807) is 6.08 Å². The molecule has 3 rings (SSSR count). The molecular formula is C24H24ClN3O. The molecule has 1 N–H and O–H groups in total. The second kappa shape index (κ2) is 8.50. The van der Waals surface area contributed by atoms with E-state index in [1.807, 2.05) is 80.9 Å². The maximum absolute atomic E-state index is 12.6. The molecule has 0 atom stereocenters. The summed E-state index contributed by atoms with van der Waals surface area (Å²) in [5.41, 5.74) is 4.37. The van der Waals surface area contributed by atoms with Gasteiger partial charge in [-0.15, -0.1) is 0 Å². The van der Waals surface area contributed by atoms with Crippen molar-refractivity contribution in [3.05, 3.63) is 81.5 Å². The number of amides is 1. The van der Waals surface area contributed by atoms with Gasteiger partial charge in [0.15, 0.2) is 0 Å². The third-order valence-corrected chi connectivity index (χ3v) is 5.16. The van der Waals surface area contributed by atoms with Crippen molar-refractivity contribution in [2.45, 2.75) is 20.8 Å². The summed E-state index contributed by atoms with van der Waals surface area (Å²) in [5, 5.41) is 5.19. The Morgan fingerprint density at radius 3 is 2.45 bits per heavy atom. The highest BCUT2D eigenvalue weighted by Gasteiger charge is 2.10. The molecule has 3 aromatic rings. The fraction of sp³-hybridized carbons (Fsp3) is 0.167. The van der Waals surface area contributed by atoms with E-state index in [2.05, 4.69) is 11.9 Å². The maximum atomic E-state index is 12.6. The largest absolute Gasteiger partial charge is 0.327 e. The molecule has 4 nitrogen and oxygen atoms in total. The predicted molar refractivity (Wildman–Crippen MR) is 121 cm³/mol. The van der Waals surface area contributed by atoms with Crippen LogP contribution < -0.4 is 16.0 Å². The molecule has 0 fully saturated rings. The molecular weight excluding hydrogens is 382 g/mol. The first-order valence-electron chi connectivity index (χ1n) is 9.34. The van der Waals surface area contributed by atoms with E-state index in [-0.39, 0.29) is 5.91 Å². The van der Waals surface area contributed by atoms with Crippen LogP contribution in [0.3, 0.4) is 0 Å². The highest BCUT2D eigenvalue weighted by molar-refractivity contribution is 6.30. The number of aryl methyl sites for hydroxylation is 2. The van der Waals surface area contributed by atoms with Crippen LogP contribution in [-0.2, 0) is 11.8 Å². The van der Waals surface area contributed by atoms with Crippen LogP contribution in [0, 0.1) is 13.8 Å². The number of hydrogen-bond acceptors (Lipinski definition) is 2. The van der Waals surface area contributed by atoms with Gasteiger partial charge in [0.2, 0.25) is 0 Å². The minimum absolute atomic E-state index is 0.246. The Hall–Kier alpha value is -3.11. The van der Waals surface area contributed by atoms with Gasteiger partial charge in [0.1, 0.15) is 5.82 Å². The number of rotatable bonds is 4. The topological polar surface area (TPSA) is 46.9 Å². The molecule has 0 saturated carbocycles. The molecule has 5 heteroatoms. The van der Waals surface area contributed by atoms with Crippen LogP contribution in [0.15, 0.2) is 54.6 Å². The summed E-state index contributed by atoms with van der Waals surface area (Å²) in [4.78, 5) is 17.3. The number of halogens is 1. The van der Waals surface area contributed by atoms with Crippen molar-refractivity contribution >= 4 is 35.3 Å². The summed E-state index contributed by atoms with van der Waals surface area (Å²) in [6.07, 6.45) is 3.68. The number of nitrogens with zero attached hydrogens (tertiary/aromatic N) is 2. The number of carbonyl (C=O) groups is 1. The van der Waals surface area contributed by atoms with Gasteiger partial charge in [-0.3, -0.25) is 4.79 Å². The molecule has 1 heterocycles. The van der Waals surface area contributed by atoms with Crippen LogP contribution in [0.2, 0.25) is 5.02 Å². The lowest BCUT2D eigenvalue weighted by Crippen LogP contribution is -2.29. The molecule has 148 valence electrons. The Morgan fingerprint density at radius 1 is 1.14 bits per heavy atom. The predicted octanol–water partition coefficient (Wildman–Crippen LogP) is 4.13. The van der Waals surface area contributed by atoms with Crippen LogP contribution in [0.1, 0.15) is 18.1 Å². The van der Waals surface area contributed by atoms with Crippen molar-refractivity contribution in [1.29, 1.82) is 0 Å². The number of carbonyl (C=O) groups excluding carboxylic acids is 1. The standard InChI is InChI=1S/C24H24ClN3O/c1-6-21-22(28(5)23(27-21)18-8-10-19(25)11-9-18)14-17(4)24(29)26-20-12-7-15(2)16(3)13-20/h6-14H,4H2,1-3,5H3,(H,26,29)/b21-6+,22-14+. The zero-order chi connectivity index (χ0) is 21.1. The van der Waals surface area contributed by atoms with Gasteiger partial charge in [0, 0.05) is 28.9 Å². The average Bonchev–Trinajstić information content (AvgIpc) is 3.01. The van der Waals surface area contributed by atoms with Gasteiger partial charge < -0.3 is 9.88 Å². The van der Waals surface area contributed by atoms with Crippen LogP contribution >= 0.6 is 11.6 Å². The van der Waals surface area contributed by atoms with E-state index in [9.17, 15) is 4.79 Å². The first-order valence-corrected chi connectivity index (χ1v) is 9.72. The lowest BCUT2D eigenvalue weighted by atomic mass is 10.1. The number of aromatic nitrogens is 2. The molecule has 2 aromatic carbocycles. The SMILES string of the molecule is C=C(/C=c1\c(=C/C)nc(-c2ccc(Cl)cc2)n1C)C(=O)Nc1ccc(C)c(C)c1. The zero-order valence-corrected chi connectivity index (χ0v) is 17.8. The van der Waals surface area contributed by atoms with E-state index in [4.69, 9.17) is 16.6 Å². The van der Waals surface area contributed by atoms with E-state index in [1.165, 1.54) is 5.56 Å². The van der Waals surface area contributed by atoms with Crippen LogP contribution in [0.25, 0.3) is 23.5 Å². The lowest BCUT2D eigenvalue weighted by Gasteiger charge is -2.08. The monoisotopic (exact) mass is 405 g/mol. The summed E-state index contributed by atoms with van der Waals surface area (Å²) in [7, 11) is 1.92. The molecule has 0 saturated heterocycles. The van der Waals surface area contributed by atoms with E-state index >= 15 is 0 Å². The molecule has 0 aliphatic heterocycles. The molecule has 1 amide bonds. The highest BCUT2D eigenvalue weighted by atomic mass is 35.5. The summed E-state index contributed by atoms with van der Waals surface area (Å²) in [6.45, 7) is 9.93. The summed E-state index contributed by atoms with van der Waals surface area (Å²) < 4.78 is 1.95. The van der Waals surface area contributed by atoms with Crippen molar-refractivity contribution in [2.75, 3.05) is 5.32 Å². The van der Waals surface area contributed by atoms with Gasteiger partial charge >= 0.3 is 0 Å². The third-order valence-electron chi connectivity index (χ3n) is 4.91. The second-order valence-corrected chi connectivity index (χ2v) is 7.42. The van der Waals surface area contributed by atoms with Gasteiger partial charge in [-0.25, -0.2) is 4.98 Å². The van der Waals surface area contributed by atoms with Gasteiger partial charge in [-0.1, -0.05) is 30.3 Å². The Labute approximate surface area is 175 Å². The Morgan fingerprint density at radius 2 is 1.83 bits per heavy atom. The molecule has 0 unspecified atom stereocenters. The normalized spacial score (nSPS) is 12.3. The van der Waals surface area contributed by atoms with E-state index in [0.29, 0.717) is 10.6 Å². The highest BCUT2D eigenvalue weighted by Crippen LogP contribution is 2.18. The van der Waals surface area contributed by atoms with E-state index in [0.717, 1.165) is 33.3 Å². The second-order valence-electron chi connectivity index (χ2n) is 6.98. The number of benzene rings is 2. The van der Waals surface area contributed by atoms with Crippen molar-refractivity contribution < 1.29 is 4.79 Å². The van der Waals surface area contributed by atoms with Crippen molar-refractivity contribution in [2.24, 2.45) is 7.05 Å². The molecule has 0 bridgehead atoms. The van der Waals surface area contributed by atoms with Gasteiger partial charge in [0.05, 0.1) is 10.7 Å². The minimum atomic E-state index is -0.246. The third kappa shape index (κ3) is 4.49. The summed E-state index contributed by atoms with van der Waals surface area (Å²) >= 11 is 6.00. The summed E-state index contributed by atoms with van der Waals surface area (Å²) in [5.74, 6) is 0.549. The maximum Gasteiger partial charge on any atom is 0.255 e. The lowest BCUT2D eigenvalue weighted by molar-refractivity contribution is -0.112. The van der Waals surface area contributed by atoms with Gasteiger partial charge in [0.25, 0.3) is 5.91 Å². The fourth-order valence-corrected chi connectivity index (χ4v) is 3.16. The molecule has 0 aliphatic rings. The number of anilines is 1. The average molecular weight is 406 g/mol. The quantitative estimate of drug-likeness (QED) is 0.663. The fourth-order valence-electron chi connectivity index (χ4n) is 3.03. The van der Waals surface area contributed by atoms with Crippen molar-refractivity contribution in [1.82, 2.24) is 9.55 Å². The van der Waals surface area contributed by atoms with Crippen molar-refractivity contribution in [3.8, 4) is 11.4 Å². The van der Waals surface area contributed by atoms with Crippen LogP contribution in [-0.4, -0.2) is 15.5 Å². The number of hydrogen-bond donors (Lipinski definition) is 1. The molecule has 0 aliphatic carbocycles. The Kier molecular flexibility index (Phi) is 6.04. The van der Waals surface area contributed by atoms with Crippen LogP contribution in [0.4, 0.5) is 5.69 Å². The van der Waals surface area contributed by atoms with E-state index < -0.39 is 0 Å². The van der Waals surface area contributed by atoms with Crippen molar-refractivity contribution in [3.63, 3.8) is 0 Å². The Bertz CT molecular complexity index is 1200. The molecule has 1 aromatic heterocycles. The number of imidazole rings is 1. The first-order chi connectivity index (χ1) is 13.8. The molecule has 29 heavy (non-hydrogen) atoms. The van der Waals surface area contributed by atoms with Gasteiger partial charge in [-0.2, -0.15) is 0 Å². The summed E-state index contributed by atoms with van der Waals surface area (Å²) in [6, 6.07) is 13.3. The molecule has 0 spiro atoms.